The van der Waals surface area contributed by atoms with Gasteiger partial charge in [-0.15, -0.1) is 5.10 Å². The van der Waals surface area contributed by atoms with Crippen molar-refractivity contribution in [2.24, 2.45) is 10.5 Å². The van der Waals surface area contributed by atoms with Gasteiger partial charge in [-0.05, 0) is 65.6 Å². The summed E-state index contributed by atoms with van der Waals surface area (Å²) in [7, 11) is 0. The third-order valence-electron chi connectivity index (χ3n) is 5.37. The molecule has 1 unspecified atom stereocenters. The Bertz CT molecular complexity index is 1280. The Morgan fingerprint density at radius 2 is 1.95 bits per heavy atom. The van der Waals surface area contributed by atoms with Crippen molar-refractivity contribution in [1.29, 1.82) is 0 Å². The van der Waals surface area contributed by atoms with Gasteiger partial charge >= 0.3 is 11.9 Å². The molecule has 1 aromatic carbocycles. The van der Waals surface area contributed by atoms with E-state index in [1.807, 2.05) is 6.92 Å². The second kappa shape index (κ2) is 12.8. The highest BCUT2D eigenvalue weighted by Crippen LogP contribution is 2.30. The Morgan fingerprint density at radius 1 is 1.26 bits per heavy atom. The molecule has 0 fully saturated rings. The van der Waals surface area contributed by atoms with Gasteiger partial charge in [0.25, 0.3) is 11.6 Å². The lowest BCUT2D eigenvalue weighted by Gasteiger charge is -2.27. The zero-order chi connectivity index (χ0) is 29.4. The number of ether oxygens (including phenoxy) is 2. The van der Waals surface area contributed by atoms with Crippen LogP contribution in [0.1, 0.15) is 69.6 Å². The number of hydrogen-bond donors (Lipinski definition) is 1. The summed E-state index contributed by atoms with van der Waals surface area (Å²) in [4.78, 5) is 51.9. The van der Waals surface area contributed by atoms with Gasteiger partial charge in [0.1, 0.15) is 29.5 Å². The third-order valence-corrected chi connectivity index (χ3v) is 5.37. The molecule has 1 amide bonds. The van der Waals surface area contributed by atoms with Gasteiger partial charge in [0.05, 0.1) is 28.6 Å². The molecule has 1 aromatic heterocycles. The number of carbonyl (C=O) groups is 3. The van der Waals surface area contributed by atoms with E-state index < -0.39 is 52.1 Å². The summed E-state index contributed by atoms with van der Waals surface area (Å²) < 4.78 is 12.2. The number of rotatable bonds is 12. The normalized spacial score (nSPS) is 12.2. The summed E-state index contributed by atoms with van der Waals surface area (Å²) in [6.07, 6.45) is 1.42. The van der Waals surface area contributed by atoms with E-state index in [0.717, 1.165) is 0 Å². The maximum Gasteiger partial charge on any atom is 0.315 e. The smallest absolute Gasteiger partial charge is 0.315 e. The van der Waals surface area contributed by atoms with Crippen LogP contribution in [0.3, 0.4) is 0 Å². The van der Waals surface area contributed by atoms with Crippen molar-refractivity contribution in [3.63, 3.8) is 0 Å². The van der Waals surface area contributed by atoms with Crippen LogP contribution in [0.15, 0.2) is 29.5 Å². The summed E-state index contributed by atoms with van der Waals surface area (Å²) in [5.74, 6) is -2.31. The second-order valence-electron chi connectivity index (χ2n) is 10.2. The molecule has 39 heavy (non-hydrogen) atoms. The summed E-state index contributed by atoms with van der Waals surface area (Å²) in [5.41, 5.74) is 6.45. The first kappa shape index (κ1) is 30.7. The van der Waals surface area contributed by atoms with Crippen LogP contribution < -0.4 is 5.32 Å². The van der Waals surface area contributed by atoms with Crippen molar-refractivity contribution in [3.05, 3.63) is 61.8 Å². The molecular formula is C24H32N8O7. The number of hydrogen-bond acceptors (Lipinski definition) is 10. The molecule has 0 aliphatic rings. The Hall–Kier alpha value is -4.52. The fraction of sp³-hybridized carbons (Fsp3) is 0.542. The zero-order valence-corrected chi connectivity index (χ0v) is 22.7. The molecule has 15 nitrogen and oxygen atoms in total. The number of azide groups is 1. The summed E-state index contributed by atoms with van der Waals surface area (Å²) >= 11 is 0. The Morgan fingerprint density at radius 3 is 2.51 bits per heavy atom. The van der Waals surface area contributed by atoms with Crippen LogP contribution in [-0.2, 0) is 38.8 Å². The number of aromatic nitrogens is 3. The predicted octanol–water partition coefficient (Wildman–Crippen LogP) is 3.62. The van der Waals surface area contributed by atoms with Crippen LogP contribution >= 0.6 is 0 Å². The first-order valence-electron chi connectivity index (χ1n) is 12.1. The highest BCUT2D eigenvalue weighted by Gasteiger charge is 2.37. The fourth-order valence-corrected chi connectivity index (χ4v) is 3.46. The first-order valence-corrected chi connectivity index (χ1v) is 12.1. The van der Waals surface area contributed by atoms with Crippen molar-refractivity contribution < 1.29 is 28.8 Å². The number of benzene rings is 1. The van der Waals surface area contributed by atoms with Crippen LogP contribution in [0.5, 0.6) is 0 Å². The number of nitro groups is 1. The highest BCUT2D eigenvalue weighted by molar-refractivity contribution is 5.98. The van der Waals surface area contributed by atoms with E-state index in [1.54, 1.807) is 31.6 Å². The van der Waals surface area contributed by atoms with E-state index in [9.17, 15) is 24.5 Å². The zero-order valence-electron chi connectivity index (χ0n) is 22.7. The molecule has 2 rings (SSSR count). The van der Waals surface area contributed by atoms with Gasteiger partial charge in [0.2, 0.25) is 0 Å². The number of esters is 2. The number of nitro benzene ring substituents is 1. The molecule has 0 radical (unpaired) electrons. The molecule has 1 N–H and O–H groups in total. The predicted molar refractivity (Wildman–Crippen MR) is 137 cm³/mol. The quantitative estimate of drug-likeness (QED) is 0.103. The fourth-order valence-electron chi connectivity index (χ4n) is 3.46. The second-order valence-corrected chi connectivity index (χ2v) is 10.2. The minimum absolute atomic E-state index is 0.00698. The molecule has 15 heteroatoms. The van der Waals surface area contributed by atoms with E-state index >= 15 is 0 Å². The average molecular weight is 545 g/mol. The standard InChI is InChI=1S/C24H32N8O7/c1-7-31-13-16(27-30-31)12-26-20(33)17-10-8-9-15(19(17)32(36)37)14-38-22(35)24(5,6)11-18(28-29-25)21(34)39-23(2,3)4/h8-10,13,18H,7,11-12,14H2,1-6H3,(H,26,33). The maximum absolute atomic E-state index is 12.9. The Kier molecular flexibility index (Phi) is 10.1. The van der Waals surface area contributed by atoms with Gasteiger partial charge < -0.3 is 14.8 Å². The molecule has 0 saturated carbocycles. The summed E-state index contributed by atoms with van der Waals surface area (Å²) in [6.45, 7) is 9.87. The lowest BCUT2D eigenvalue weighted by atomic mass is 9.86. The molecule has 2 aromatic rings. The van der Waals surface area contributed by atoms with Crippen LogP contribution in [-0.4, -0.2) is 49.4 Å². The lowest BCUT2D eigenvalue weighted by molar-refractivity contribution is -0.386. The number of nitrogens with zero attached hydrogens (tertiary/aromatic N) is 7. The van der Waals surface area contributed by atoms with Gasteiger partial charge in [0, 0.05) is 11.5 Å². The van der Waals surface area contributed by atoms with Crippen molar-refractivity contribution in [2.75, 3.05) is 0 Å². The van der Waals surface area contributed by atoms with E-state index in [-0.39, 0.29) is 24.1 Å². The molecule has 0 bridgehead atoms. The molecule has 1 atom stereocenters. The first-order chi connectivity index (χ1) is 18.2. The Labute approximate surface area is 224 Å². The molecule has 0 saturated heterocycles. The minimum atomic E-state index is -1.32. The average Bonchev–Trinajstić information content (AvgIpc) is 3.32. The number of nitrogens with one attached hydrogen (secondary N) is 1. The number of para-hydroxylation sites is 1. The van der Waals surface area contributed by atoms with E-state index in [4.69, 9.17) is 15.0 Å². The van der Waals surface area contributed by atoms with Crippen LogP contribution in [0.25, 0.3) is 10.4 Å². The SMILES string of the molecule is CCn1cc(CNC(=O)c2cccc(COC(=O)C(C)(C)CC(N=[N+]=[N-])C(=O)OC(C)(C)C)c2[N+](=O)[O-])nn1. The van der Waals surface area contributed by atoms with Gasteiger partial charge in [-0.1, -0.05) is 16.4 Å². The molecular weight excluding hydrogens is 512 g/mol. The van der Waals surface area contributed by atoms with Gasteiger partial charge in [-0.25, -0.2) is 0 Å². The molecule has 210 valence electrons. The summed E-state index contributed by atoms with van der Waals surface area (Å²) in [5, 5.41) is 25.7. The van der Waals surface area contributed by atoms with Crippen molar-refractivity contribution in [3.8, 4) is 0 Å². The Balaban J connectivity index is 2.16. The van der Waals surface area contributed by atoms with Crippen LogP contribution in [0.4, 0.5) is 5.69 Å². The molecule has 0 spiro atoms. The van der Waals surface area contributed by atoms with Gasteiger partial charge in [-0.3, -0.25) is 29.2 Å². The topological polar surface area (TPSA) is 204 Å². The molecule has 0 aliphatic heterocycles. The number of aryl methyl sites for hydroxylation is 1. The van der Waals surface area contributed by atoms with Gasteiger partial charge in [-0.2, -0.15) is 0 Å². The highest BCUT2D eigenvalue weighted by atomic mass is 16.6. The van der Waals surface area contributed by atoms with E-state index in [2.05, 4.69) is 25.7 Å². The van der Waals surface area contributed by atoms with Crippen molar-refractivity contribution in [1.82, 2.24) is 20.3 Å². The monoisotopic (exact) mass is 544 g/mol. The van der Waals surface area contributed by atoms with Gasteiger partial charge in [0.15, 0.2) is 0 Å². The van der Waals surface area contributed by atoms with Crippen molar-refractivity contribution in [2.45, 2.75) is 79.3 Å². The number of carbonyl (C=O) groups excluding carboxylic acids is 3. The summed E-state index contributed by atoms with van der Waals surface area (Å²) in [6, 6.07) is 2.80. The maximum atomic E-state index is 12.9. The number of amides is 1. The third kappa shape index (κ3) is 8.78. The van der Waals surface area contributed by atoms with Crippen LogP contribution in [0.2, 0.25) is 0 Å². The van der Waals surface area contributed by atoms with Crippen molar-refractivity contribution >= 4 is 23.5 Å². The van der Waals surface area contributed by atoms with E-state index in [1.165, 1.54) is 32.0 Å². The minimum Gasteiger partial charge on any atom is -0.460 e. The van der Waals surface area contributed by atoms with E-state index in [0.29, 0.717) is 12.2 Å². The molecule has 1 heterocycles. The van der Waals surface area contributed by atoms with Crippen LogP contribution in [0, 0.1) is 15.5 Å². The lowest BCUT2D eigenvalue weighted by Crippen LogP contribution is -2.37. The largest absolute Gasteiger partial charge is 0.460 e. The molecule has 0 aliphatic carbocycles.